The molecule has 0 radical (unpaired) electrons. The second-order valence-corrected chi connectivity index (χ2v) is 4.29. The maximum Gasteiger partial charge on any atom is 0.250 e. The van der Waals surface area contributed by atoms with Gasteiger partial charge in [0.05, 0.1) is 11.6 Å². The van der Waals surface area contributed by atoms with E-state index in [2.05, 4.69) is 21.2 Å². The number of aliphatic hydroxyl groups is 1. The molecular weight excluding hydrogens is 288 g/mol. The Labute approximate surface area is 108 Å². The van der Waals surface area contributed by atoms with E-state index in [9.17, 15) is 9.90 Å². The highest BCUT2D eigenvalue weighted by atomic mass is 79.9. The van der Waals surface area contributed by atoms with Gasteiger partial charge in [0.1, 0.15) is 11.9 Å². The number of benzene rings is 1. The van der Waals surface area contributed by atoms with E-state index in [0.717, 1.165) is 15.8 Å². The van der Waals surface area contributed by atoms with Crippen molar-refractivity contribution < 1.29 is 14.6 Å². The van der Waals surface area contributed by atoms with Gasteiger partial charge in [0, 0.05) is 13.1 Å². The van der Waals surface area contributed by atoms with Crippen LogP contribution in [0.1, 0.15) is 5.56 Å². The lowest BCUT2D eigenvalue weighted by atomic mass is 10.2. The van der Waals surface area contributed by atoms with Crippen LogP contribution in [0, 0.1) is 0 Å². The number of ether oxygens (including phenoxy) is 1. The quantitative estimate of drug-likeness (QED) is 0.735. The summed E-state index contributed by atoms with van der Waals surface area (Å²) in [4.78, 5) is 11.3. The number of carbonyl (C=O) groups is 1. The molecule has 1 aromatic rings. The van der Waals surface area contributed by atoms with Crippen molar-refractivity contribution in [2.24, 2.45) is 5.73 Å². The normalized spacial score (nSPS) is 12.0. The van der Waals surface area contributed by atoms with E-state index in [1.54, 1.807) is 13.2 Å². The van der Waals surface area contributed by atoms with Gasteiger partial charge in [-0.1, -0.05) is 6.07 Å². The van der Waals surface area contributed by atoms with Crippen molar-refractivity contribution in [1.29, 1.82) is 0 Å². The standard InChI is InChI=1S/C11H15BrN2O3/c1-17-10-3-2-7(4-8(10)12)6-14-11(16)9(15)5-13/h2-4,9,15H,5-6,13H2,1H3,(H,14,16). The monoisotopic (exact) mass is 302 g/mol. The number of hydrogen-bond donors (Lipinski definition) is 3. The number of nitrogens with one attached hydrogen (secondary N) is 1. The van der Waals surface area contributed by atoms with E-state index >= 15 is 0 Å². The van der Waals surface area contributed by atoms with Crippen LogP contribution < -0.4 is 15.8 Å². The molecule has 1 atom stereocenters. The number of aliphatic hydroxyl groups excluding tert-OH is 1. The van der Waals surface area contributed by atoms with E-state index in [1.165, 1.54) is 0 Å². The molecule has 1 unspecified atom stereocenters. The maximum atomic E-state index is 11.3. The number of nitrogens with two attached hydrogens (primary N) is 1. The molecule has 94 valence electrons. The Bertz CT molecular complexity index is 398. The van der Waals surface area contributed by atoms with Gasteiger partial charge < -0.3 is 20.9 Å². The molecule has 0 heterocycles. The average molecular weight is 303 g/mol. The maximum absolute atomic E-state index is 11.3. The Hall–Kier alpha value is -1.11. The molecule has 4 N–H and O–H groups in total. The van der Waals surface area contributed by atoms with Crippen LogP contribution in [0.3, 0.4) is 0 Å². The fraction of sp³-hybridized carbons (Fsp3) is 0.364. The molecule has 1 aromatic carbocycles. The summed E-state index contributed by atoms with van der Waals surface area (Å²) in [5.74, 6) is 0.251. The first-order chi connectivity index (χ1) is 8.08. The fourth-order valence-corrected chi connectivity index (χ4v) is 1.82. The van der Waals surface area contributed by atoms with Gasteiger partial charge in [-0.25, -0.2) is 0 Å². The first-order valence-electron chi connectivity index (χ1n) is 5.06. The van der Waals surface area contributed by atoms with Gasteiger partial charge >= 0.3 is 0 Å². The van der Waals surface area contributed by atoms with Gasteiger partial charge in [0.15, 0.2) is 0 Å². The van der Waals surface area contributed by atoms with E-state index in [4.69, 9.17) is 10.5 Å². The Kier molecular flexibility index (Phi) is 5.40. The number of amides is 1. The number of rotatable bonds is 5. The first kappa shape index (κ1) is 14.0. The topological polar surface area (TPSA) is 84.6 Å². The molecule has 0 aliphatic heterocycles. The highest BCUT2D eigenvalue weighted by molar-refractivity contribution is 9.10. The van der Waals surface area contributed by atoms with E-state index in [-0.39, 0.29) is 6.54 Å². The summed E-state index contributed by atoms with van der Waals surface area (Å²) in [6.07, 6.45) is -1.16. The van der Waals surface area contributed by atoms with E-state index in [1.807, 2.05) is 12.1 Å². The van der Waals surface area contributed by atoms with Crippen LogP contribution in [0.25, 0.3) is 0 Å². The van der Waals surface area contributed by atoms with Crippen molar-refractivity contribution in [3.05, 3.63) is 28.2 Å². The summed E-state index contributed by atoms with van der Waals surface area (Å²) in [6, 6.07) is 5.47. The Morgan fingerprint density at radius 1 is 1.65 bits per heavy atom. The summed E-state index contributed by atoms with van der Waals surface area (Å²) < 4.78 is 5.90. The number of hydrogen-bond acceptors (Lipinski definition) is 4. The Morgan fingerprint density at radius 2 is 2.35 bits per heavy atom. The molecule has 6 heteroatoms. The lowest BCUT2D eigenvalue weighted by Gasteiger charge is -2.10. The van der Waals surface area contributed by atoms with Gasteiger partial charge in [-0.15, -0.1) is 0 Å². The molecule has 0 aliphatic carbocycles. The summed E-state index contributed by atoms with van der Waals surface area (Å²) in [7, 11) is 1.58. The third-order valence-electron chi connectivity index (χ3n) is 2.21. The van der Waals surface area contributed by atoms with Crippen molar-refractivity contribution in [1.82, 2.24) is 5.32 Å². The fourth-order valence-electron chi connectivity index (χ4n) is 1.23. The highest BCUT2D eigenvalue weighted by Gasteiger charge is 2.12. The second kappa shape index (κ2) is 6.58. The molecule has 0 bridgehead atoms. The van der Waals surface area contributed by atoms with Gasteiger partial charge in [-0.2, -0.15) is 0 Å². The zero-order valence-electron chi connectivity index (χ0n) is 9.44. The van der Waals surface area contributed by atoms with Crippen LogP contribution in [0.15, 0.2) is 22.7 Å². The highest BCUT2D eigenvalue weighted by Crippen LogP contribution is 2.25. The average Bonchev–Trinajstić information content (AvgIpc) is 2.35. The van der Waals surface area contributed by atoms with Crippen molar-refractivity contribution in [3.63, 3.8) is 0 Å². The lowest BCUT2D eigenvalue weighted by molar-refractivity contribution is -0.128. The predicted molar refractivity (Wildman–Crippen MR) is 67.6 cm³/mol. The van der Waals surface area contributed by atoms with Crippen LogP contribution in [-0.4, -0.2) is 30.8 Å². The third-order valence-corrected chi connectivity index (χ3v) is 2.83. The van der Waals surface area contributed by atoms with E-state index in [0.29, 0.717) is 6.54 Å². The van der Waals surface area contributed by atoms with Crippen LogP contribution in [0.2, 0.25) is 0 Å². The molecule has 0 aromatic heterocycles. The van der Waals surface area contributed by atoms with Crippen molar-refractivity contribution in [3.8, 4) is 5.75 Å². The minimum absolute atomic E-state index is 0.0852. The lowest BCUT2D eigenvalue weighted by Crippen LogP contribution is -2.38. The number of halogens is 1. The van der Waals surface area contributed by atoms with E-state index < -0.39 is 12.0 Å². The number of methoxy groups -OCH3 is 1. The summed E-state index contributed by atoms with van der Waals surface area (Å²) in [6.45, 7) is 0.247. The summed E-state index contributed by atoms with van der Waals surface area (Å²) in [5, 5.41) is 11.8. The summed E-state index contributed by atoms with van der Waals surface area (Å²) in [5.41, 5.74) is 6.07. The van der Waals surface area contributed by atoms with Gasteiger partial charge in [0.2, 0.25) is 5.91 Å². The molecule has 0 fully saturated rings. The Balaban J connectivity index is 2.58. The van der Waals surface area contributed by atoms with Crippen molar-refractivity contribution in [2.45, 2.75) is 12.6 Å². The zero-order valence-corrected chi connectivity index (χ0v) is 11.0. The Morgan fingerprint density at radius 3 is 2.88 bits per heavy atom. The molecule has 0 spiro atoms. The van der Waals surface area contributed by atoms with Crippen molar-refractivity contribution in [2.75, 3.05) is 13.7 Å². The third kappa shape index (κ3) is 3.99. The van der Waals surface area contributed by atoms with Crippen LogP contribution in [-0.2, 0) is 11.3 Å². The predicted octanol–water partition coefficient (Wildman–Crippen LogP) is 0.393. The minimum Gasteiger partial charge on any atom is -0.496 e. The van der Waals surface area contributed by atoms with Crippen molar-refractivity contribution >= 4 is 21.8 Å². The smallest absolute Gasteiger partial charge is 0.250 e. The molecule has 0 saturated heterocycles. The van der Waals surface area contributed by atoms with Crippen LogP contribution >= 0.6 is 15.9 Å². The SMILES string of the molecule is COc1ccc(CNC(=O)C(O)CN)cc1Br. The second-order valence-electron chi connectivity index (χ2n) is 3.44. The molecule has 0 aliphatic rings. The van der Waals surface area contributed by atoms with Gasteiger partial charge in [-0.05, 0) is 33.6 Å². The molecule has 17 heavy (non-hydrogen) atoms. The van der Waals surface area contributed by atoms with Gasteiger partial charge in [0.25, 0.3) is 0 Å². The minimum atomic E-state index is -1.16. The summed E-state index contributed by atoms with van der Waals surface area (Å²) >= 11 is 3.35. The first-order valence-corrected chi connectivity index (χ1v) is 5.86. The van der Waals surface area contributed by atoms with Crippen LogP contribution in [0.4, 0.5) is 0 Å². The molecule has 1 rings (SSSR count). The zero-order chi connectivity index (χ0) is 12.8. The molecular formula is C11H15BrN2O3. The van der Waals surface area contributed by atoms with Gasteiger partial charge in [-0.3, -0.25) is 4.79 Å². The number of carbonyl (C=O) groups excluding carboxylic acids is 1. The van der Waals surface area contributed by atoms with Crippen LogP contribution in [0.5, 0.6) is 5.75 Å². The molecule has 0 saturated carbocycles. The molecule has 5 nitrogen and oxygen atoms in total. The molecule has 1 amide bonds. The largest absolute Gasteiger partial charge is 0.496 e.